The molecular weight excluding hydrogens is 378 g/mol. The molecule has 0 bridgehead atoms. The number of hydrogen-bond donors (Lipinski definition) is 0. The molecule has 2 rings (SSSR count). The summed E-state index contributed by atoms with van der Waals surface area (Å²) in [6.45, 7) is 36.7. The average Bonchev–Trinajstić information content (AvgIpc) is 2.66. The van der Waals surface area contributed by atoms with E-state index in [4.69, 9.17) is 0 Å². The van der Waals surface area contributed by atoms with Crippen LogP contribution in [0.3, 0.4) is 0 Å². The molecule has 0 N–H and O–H groups in total. The minimum absolute atomic E-state index is 0.267. The summed E-state index contributed by atoms with van der Waals surface area (Å²) in [6.07, 6.45) is 5.24. The highest BCUT2D eigenvalue weighted by Crippen LogP contribution is 2.46. The summed E-state index contributed by atoms with van der Waals surface area (Å²) in [7, 11) is 0. The van der Waals surface area contributed by atoms with Crippen LogP contribution in [0.4, 0.5) is 0 Å². The summed E-state index contributed by atoms with van der Waals surface area (Å²) in [5.74, 6) is 0.833. The normalized spacial score (nSPS) is 22.8. The predicted molar refractivity (Wildman–Crippen MR) is 138 cm³/mol. The Kier molecular flexibility index (Phi) is 8.10. The molecule has 2 heterocycles. The molecule has 184 valence electrons. The van der Waals surface area contributed by atoms with Crippen molar-refractivity contribution in [3.8, 4) is 0 Å². The zero-order valence-electron chi connectivity index (χ0n) is 23.5. The van der Waals surface area contributed by atoms with Crippen molar-refractivity contribution in [3.05, 3.63) is 0 Å². The van der Waals surface area contributed by atoms with Crippen molar-refractivity contribution in [3.63, 3.8) is 0 Å². The molecule has 0 amide bonds. The van der Waals surface area contributed by atoms with Crippen molar-refractivity contribution in [2.45, 2.75) is 125 Å². The van der Waals surface area contributed by atoms with Gasteiger partial charge < -0.3 is 0 Å². The minimum atomic E-state index is 0.267. The van der Waals surface area contributed by atoms with Crippen LogP contribution in [-0.2, 0) is 0 Å². The quantitative estimate of drug-likeness (QED) is 0.450. The van der Waals surface area contributed by atoms with Gasteiger partial charge in [-0.2, -0.15) is 0 Å². The first-order valence-corrected chi connectivity index (χ1v) is 13.2. The third-order valence-electron chi connectivity index (χ3n) is 9.90. The van der Waals surface area contributed by atoms with E-state index >= 15 is 0 Å². The predicted octanol–water partition coefficient (Wildman–Crippen LogP) is 6.52. The van der Waals surface area contributed by atoms with Crippen LogP contribution in [0.5, 0.6) is 0 Å². The molecular formula is C28H57N3. The Hall–Kier alpha value is -0.120. The Labute approximate surface area is 196 Å². The second-order valence-electron chi connectivity index (χ2n) is 14.2. The van der Waals surface area contributed by atoms with Gasteiger partial charge in [-0.05, 0) is 104 Å². The molecule has 0 saturated carbocycles. The Bertz CT molecular complexity index is 566. The van der Waals surface area contributed by atoms with Crippen LogP contribution in [0.15, 0.2) is 0 Å². The lowest BCUT2D eigenvalue weighted by Crippen LogP contribution is -2.60. The van der Waals surface area contributed by atoms with Crippen LogP contribution in [0.2, 0.25) is 0 Å². The third kappa shape index (κ3) is 6.07. The molecule has 31 heavy (non-hydrogen) atoms. The lowest BCUT2D eigenvalue weighted by molar-refractivity contribution is -0.0438. The van der Waals surface area contributed by atoms with Crippen LogP contribution in [-0.4, -0.2) is 70.6 Å². The van der Waals surface area contributed by atoms with Gasteiger partial charge in [0.1, 0.15) is 0 Å². The summed E-state index contributed by atoms with van der Waals surface area (Å²) in [5, 5.41) is 0. The molecule has 2 aliphatic rings. The minimum Gasteiger partial charge on any atom is -0.298 e. The molecule has 2 aliphatic heterocycles. The van der Waals surface area contributed by atoms with Crippen LogP contribution in [0, 0.1) is 16.7 Å². The second kappa shape index (κ2) is 9.26. The monoisotopic (exact) mass is 435 g/mol. The fraction of sp³-hybridized carbons (Fsp3) is 1.00. The maximum atomic E-state index is 2.79. The summed E-state index contributed by atoms with van der Waals surface area (Å²) in [6, 6.07) is 0. The van der Waals surface area contributed by atoms with E-state index in [2.05, 4.69) is 97.8 Å². The molecule has 0 radical (unpaired) electrons. The number of nitrogens with zero attached hydrogens (tertiary/aromatic N) is 3. The third-order valence-corrected chi connectivity index (χ3v) is 9.90. The van der Waals surface area contributed by atoms with Crippen LogP contribution in [0.25, 0.3) is 0 Å². The molecule has 2 fully saturated rings. The van der Waals surface area contributed by atoms with E-state index in [1.54, 1.807) is 0 Å². The maximum absolute atomic E-state index is 2.79. The Morgan fingerprint density at radius 3 is 1.48 bits per heavy atom. The highest BCUT2D eigenvalue weighted by molar-refractivity contribution is 4.99. The zero-order chi connectivity index (χ0) is 23.9. The Morgan fingerprint density at radius 1 is 0.613 bits per heavy atom. The molecule has 0 aliphatic carbocycles. The van der Waals surface area contributed by atoms with E-state index in [0.29, 0.717) is 16.4 Å². The van der Waals surface area contributed by atoms with Gasteiger partial charge in [-0.25, -0.2) is 0 Å². The Balaban J connectivity index is 1.96. The molecule has 0 unspecified atom stereocenters. The maximum Gasteiger partial charge on any atom is 0.0204 e. The lowest BCUT2D eigenvalue weighted by Gasteiger charge is -2.54. The van der Waals surface area contributed by atoms with Gasteiger partial charge in [-0.15, -0.1) is 0 Å². The van der Waals surface area contributed by atoms with E-state index in [-0.39, 0.29) is 11.1 Å². The van der Waals surface area contributed by atoms with Crippen LogP contribution >= 0.6 is 0 Å². The first kappa shape index (κ1) is 27.1. The van der Waals surface area contributed by atoms with Crippen molar-refractivity contribution in [2.24, 2.45) is 16.7 Å². The first-order valence-electron chi connectivity index (χ1n) is 13.2. The summed E-state index contributed by atoms with van der Waals surface area (Å²) in [5.41, 5.74) is 1.58. The van der Waals surface area contributed by atoms with Crippen molar-refractivity contribution in [1.29, 1.82) is 0 Å². The zero-order valence-corrected chi connectivity index (χ0v) is 23.5. The van der Waals surface area contributed by atoms with Crippen molar-refractivity contribution in [2.75, 3.05) is 39.3 Å². The Morgan fingerprint density at radius 2 is 1.06 bits per heavy atom. The van der Waals surface area contributed by atoms with E-state index in [1.807, 2.05) is 0 Å². The number of piperazine rings is 1. The van der Waals surface area contributed by atoms with Crippen LogP contribution in [0.1, 0.15) is 109 Å². The molecule has 0 aromatic carbocycles. The first-order chi connectivity index (χ1) is 13.9. The number of hydrogen-bond acceptors (Lipinski definition) is 3. The fourth-order valence-corrected chi connectivity index (χ4v) is 6.43. The van der Waals surface area contributed by atoms with Gasteiger partial charge in [0.15, 0.2) is 0 Å². The lowest BCUT2D eigenvalue weighted by atomic mass is 9.66. The molecule has 3 heteroatoms. The second-order valence-corrected chi connectivity index (χ2v) is 14.2. The molecule has 3 nitrogen and oxygen atoms in total. The molecule has 2 saturated heterocycles. The standard InChI is InChI=1S/C28H57N3/c1-13-26(7,8)28(11,12)31-16-14-23(15-17-31)25(5,6)22-27(9,10)30-20-18-29(19-21-30)24(2,3)4/h23H,13-22H2,1-12H3. The smallest absolute Gasteiger partial charge is 0.0204 e. The van der Waals surface area contributed by atoms with Gasteiger partial charge >= 0.3 is 0 Å². The van der Waals surface area contributed by atoms with Gasteiger partial charge in [-0.3, -0.25) is 14.7 Å². The highest BCUT2D eigenvalue weighted by atomic mass is 15.3. The number of likely N-dealkylation sites (tertiary alicyclic amines) is 1. The van der Waals surface area contributed by atoms with Gasteiger partial charge in [0.25, 0.3) is 0 Å². The van der Waals surface area contributed by atoms with Crippen molar-refractivity contribution < 1.29 is 0 Å². The summed E-state index contributed by atoms with van der Waals surface area (Å²) >= 11 is 0. The van der Waals surface area contributed by atoms with E-state index < -0.39 is 0 Å². The number of rotatable bonds is 7. The van der Waals surface area contributed by atoms with Gasteiger partial charge in [-0.1, -0.05) is 34.6 Å². The van der Waals surface area contributed by atoms with E-state index in [9.17, 15) is 0 Å². The fourth-order valence-electron chi connectivity index (χ4n) is 6.43. The largest absolute Gasteiger partial charge is 0.298 e. The average molecular weight is 436 g/mol. The van der Waals surface area contributed by atoms with Gasteiger partial charge in [0.2, 0.25) is 0 Å². The van der Waals surface area contributed by atoms with Gasteiger partial charge in [0, 0.05) is 42.8 Å². The molecule has 0 aromatic heterocycles. The SMILES string of the molecule is CCC(C)(C)C(C)(C)N1CCC(C(C)(C)CC(C)(C)N2CCN(C(C)(C)C)CC2)CC1. The van der Waals surface area contributed by atoms with E-state index in [0.717, 1.165) is 5.92 Å². The summed E-state index contributed by atoms with van der Waals surface area (Å²) < 4.78 is 0. The molecule has 0 aromatic rings. The number of piperidine rings is 1. The van der Waals surface area contributed by atoms with E-state index in [1.165, 1.54) is 65.0 Å². The highest BCUT2D eigenvalue weighted by Gasteiger charge is 2.45. The topological polar surface area (TPSA) is 9.72 Å². The molecule has 0 atom stereocenters. The summed E-state index contributed by atoms with van der Waals surface area (Å²) in [4.78, 5) is 8.22. The van der Waals surface area contributed by atoms with Crippen molar-refractivity contribution >= 4 is 0 Å². The van der Waals surface area contributed by atoms with Gasteiger partial charge in [0.05, 0.1) is 0 Å². The van der Waals surface area contributed by atoms with Crippen LogP contribution < -0.4 is 0 Å². The van der Waals surface area contributed by atoms with Crippen molar-refractivity contribution in [1.82, 2.24) is 14.7 Å². The molecule has 0 spiro atoms.